The van der Waals surface area contributed by atoms with Gasteiger partial charge in [0.2, 0.25) is 0 Å². The van der Waals surface area contributed by atoms with Crippen LogP contribution in [0.1, 0.15) is 6.92 Å². The van der Waals surface area contributed by atoms with E-state index in [1.807, 2.05) is 18.4 Å². The number of aromatic amines is 1. The maximum atomic E-state index is 12.1. The zero-order valence-corrected chi connectivity index (χ0v) is 11.7. The molecule has 2 aromatic rings. The summed E-state index contributed by atoms with van der Waals surface area (Å²) < 4.78 is 13.9. The van der Waals surface area contributed by atoms with Gasteiger partial charge in [0, 0.05) is 28.9 Å². The molecule has 2 aromatic heterocycles. The molecule has 1 N–H and O–H groups in total. The summed E-state index contributed by atoms with van der Waals surface area (Å²) in [6.45, 7) is 2.27. The van der Waals surface area contributed by atoms with Gasteiger partial charge in [0.25, 0.3) is 5.56 Å². The first-order valence-electron chi connectivity index (χ1n) is 5.18. The van der Waals surface area contributed by atoms with E-state index in [0.29, 0.717) is 27.5 Å². The van der Waals surface area contributed by atoms with Crippen LogP contribution in [0.15, 0.2) is 16.2 Å². The molecule has 0 radical (unpaired) electrons. The molecule has 92 valence electrons. The normalized spacial score (nSPS) is 13.0. The van der Waals surface area contributed by atoms with E-state index in [9.17, 15) is 9.00 Å². The zero-order valence-electron chi connectivity index (χ0n) is 9.26. The van der Waals surface area contributed by atoms with Gasteiger partial charge in [-0.15, -0.1) is 11.3 Å². The van der Waals surface area contributed by atoms with Gasteiger partial charge in [-0.25, -0.2) is 0 Å². The van der Waals surface area contributed by atoms with Gasteiger partial charge in [-0.1, -0.05) is 6.92 Å². The molecule has 1 unspecified atom stereocenters. The fourth-order valence-corrected chi connectivity index (χ4v) is 3.27. The largest absolute Gasteiger partial charge is 0.331 e. The molecule has 4 nitrogen and oxygen atoms in total. The molecular weight excluding hydrogens is 276 g/mol. The average molecular weight is 288 g/mol. The molecule has 0 aliphatic rings. The van der Waals surface area contributed by atoms with E-state index >= 15 is 0 Å². The lowest BCUT2D eigenvalue weighted by molar-refractivity contribution is 0.665. The standard InChI is InChI=1S/C10H12N2O2S3/c1-2-17(14)6-4-12-9(13)8-7(3-5-16-8)11-10(12)15/h3,5H,2,4,6H2,1H3,(H,11,15). The Morgan fingerprint density at radius 2 is 2.35 bits per heavy atom. The Kier molecular flexibility index (Phi) is 3.90. The van der Waals surface area contributed by atoms with Crippen molar-refractivity contribution in [1.29, 1.82) is 0 Å². The van der Waals surface area contributed by atoms with Crippen molar-refractivity contribution >= 4 is 44.6 Å². The topological polar surface area (TPSA) is 54.9 Å². The maximum absolute atomic E-state index is 12.1. The van der Waals surface area contributed by atoms with E-state index in [-0.39, 0.29) is 5.56 Å². The van der Waals surface area contributed by atoms with Crippen LogP contribution in [0.3, 0.4) is 0 Å². The number of H-pyrrole nitrogens is 1. The molecule has 0 spiro atoms. The molecule has 0 aliphatic carbocycles. The summed E-state index contributed by atoms with van der Waals surface area (Å²) in [5, 5.41) is 1.85. The second-order valence-corrected chi connectivity index (χ2v) is 6.65. The molecule has 0 amide bonds. The highest BCUT2D eigenvalue weighted by Gasteiger charge is 2.07. The quantitative estimate of drug-likeness (QED) is 0.874. The Morgan fingerprint density at radius 1 is 1.59 bits per heavy atom. The second kappa shape index (κ2) is 5.24. The SMILES string of the molecule is CCS(=O)CCn1c(=S)[nH]c2ccsc2c1=O. The van der Waals surface area contributed by atoms with Crippen molar-refractivity contribution in [3.05, 3.63) is 26.6 Å². The highest BCUT2D eigenvalue weighted by molar-refractivity contribution is 7.84. The predicted octanol–water partition coefficient (Wildman–Crippen LogP) is 1.89. The van der Waals surface area contributed by atoms with Crippen LogP contribution in [0, 0.1) is 4.77 Å². The number of aromatic nitrogens is 2. The van der Waals surface area contributed by atoms with Gasteiger partial charge in [0.1, 0.15) is 4.70 Å². The summed E-state index contributed by atoms with van der Waals surface area (Å²) in [6, 6.07) is 1.84. The van der Waals surface area contributed by atoms with Crippen molar-refractivity contribution < 1.29 is 4.21 Å². The monoisotopic (exact) mass is 288 g/mol. The molecule has 0 aliphatic heterocycles. The van der Waals surface area contributed by atoms with E-state index in [0.717, 1.165) is 5.52 Å². The van der Waals surface area contributed by atoms with Crippen LogP contribution in [0.25, 0.3) is 10.2 Å². The van der Waals surface area contributed by atoms with Crippen molar-refractivity contribution in [2.75, 3.05) is 11.5 Å². The minimum absolute atomic E-state index is 0.0909. The molecular formula is C10H12N2O2S3. The lowest BCUT2D eigenvalue weighted by Crippen LogP contribution is -2.24. The Hall–Kier alpha value is -0.790. The first-order valence-corrected chi connectivity index (χ1v) is 7.96. The molecule has 1 atom stereocenters. The van der Waals surface area contributed by atoms with Gasteiger partial charge >= 0.3 is 0 Å². The van der Waals surface area contributed by atoms with Crippen molar-refractivity contribution in [3.8, 4) is 0 Å². The molecule has 0 bridgehead atoms. The van der Waals surface area contributed by atoms with Gasteiger partial charge in [-0.2, -0.15) is 0 Å². The Labute approximate surface area is 110 Å². The van der Waals surface area contributed by atoms with Crippen LogP contribution in [-0.2, 0) is 17.3 Å². The fourth-order valence-electron chi connectivity index (χ4n) is 1.51. The van der Waals surface area contributed by atoms with Crippen molar-refractivity contribution in [2.24, 2.45) is 0 Å². The highest BCUT2D eigenvalue weighted by Crippen LogP contribution is 2.13. The minimum atomic E-state index is -0.885. The van der Waals surface area contributed by atoms with Gasteiger partial charge in [-0.05, 0) is 23.7 Å². The summed E-state index contributed by atoms with van der Waals surface area (Å²) in [4.78, 5) is 15.1. The van der Waals surface area contributed by atoms with E-state index in [1.165, 1.54) is 15.9 Å². The molecule has 0 saturated heterocycles. The van der Waals surface area contributed by atoms with Crippen molar-refractivity contribution in [1.82, 2.24) is 9.55 Å². The van der Waals surface area contributed by atoms with Gasteiger partial charge in [-0.3, -0.25) is 13.6 Å². The van der Waals surface area contributed by atoms with E-state index in [4.69, 9.17) is 12.2 Å². The van der Waals surface area contributed by atoms with E-state index in [1.54, 1.807) is 0 Å². The summed E-state index contributed by atoms with van der Waals surface area (Å²) in [5.74, 6) is 1.07. The zero-order chi connectivity index (χ0) is 12.4. The van der Waals surface area contributed by atoms with Gasteiger partial charge in [0.05, 0.1) is 5.52 Å². The highest BCUT2D eigenvalue weighted by atomic mass is 32.2. The average Bonchev–Trinajstić information content (AvgIpc) is 2.76. The predicted molar refractivity (Wildman–Crippen MR) is 74.8 cm³/mol. The van der Waals surface area contributed by atoms with Crippen LogP contribution in [0.5, 0.6) is 0 Å². The maximum Gasteiger partial charge on any atom is 0.272 e. The lowest BCUT2D eigenvalue weighted by Gasteiger charge is -2.05. The number of fused-ring (bicyclic) bond motifs is 1. The Bertz CT molecular complexity index is 668. The summed E-state index contributed by atoms with van der Waals surface area (Å²) in [5.41, 5.74) is 0.685. The third-order valence-electron chi connectivity index (χ3n) is 2.46. The summed E-state index contributed by atoms with van der Waals surface area (Å²) in [6.07, 6.45) is 0. The second-order valence-electron chi connectivity index (χ2n) is 3.48. The van der Waals surface area contributed by atoms with Crippen molar-refractivity contribution in [2.45, 2.75) is 13.5 Å². The number of thiophene rings is 1. The number of hydrogen-bond donors (Lipinski definition) is 1. The van der Waals surface area contributed by atoms with Crippen LogP contribution in [-0.4, -0.2) is 25.3 Å². The molecule has 0 fully saturated rings. The van der Waals surface area contributed by atoms with Crippen molar-refractivity contribution in [3.63, 3.8) is 0 Å². The number of nitrogens with one attached hydrogen (secondary N) is 1. The third-order valence-corrected chi connectivity index (χ3v) is 4.96. The molecule has 2 heterocycles. The molecule has 7 heteroatoms. The summed E-state index contributed by atoms with van der Waals surface area (Å²) >= 11 is 6.52. The van der Waals surface area contributed by atoms with Gasteiger partial charge in [0.15, 0.2) is 4.77 Å². The fraction of sp³-hybridized carbons (Fsp3) is 0.400. The van der Waals surface area contributed by atoms with Gasteiger partial charge < -0.3 is 4.98 Å². The number of rotatable bonds is 4. The minimum Gasteiger partial charge on any atom is -0.331 e. The number of hydrogen-bond acceptors (Lipinski definition) is 4. The molecule has 0 aromatic carbocycles. The van der Waals surface area contributed by atoms with E-state index in [2.05, 4.69) is 4.98 Å². The van der Waals surface area contributed by atoms with Crippen LogP contribution >= 0.6 is 23.6 Å². The lowest BCUT2D eigenvalue weighted by atomic mass is 10.5. The van der Waals surface area contributed by atoms with Crippen LogP contribution < -0.4 is 5.56 Å². The molecule has 2 rings (SSSR count). The van der Waals surface area contributed by atoms with E-state index < -0.39 is 10.8 Å². The summed E-state index contributed by atoms with van der Waals surface area (Å²) in [7, 11) is -0.885. The first kappa shape index (κ1) is 12.7. The molecule has 0 saturated carbocycles. The Morgan fingerprint density at radius 3 is 3.06 bits per heavy atom. The number of nitrogens with zero attached hydrogens (tertiary/aromatic N) is 1. The third kappa shape index (κ3) is 2.56. The first-order chi connectivity index (χ1) is 8.13. The van der Waals surface area contributed by atoms with Crippen LogP contribution in [0.4, 0.5) is 0 Å². The smallest absolute Gasteiger partial charge is 0.272 e. The van der Waals surface area contributed by atoms with Crippen LogP contribution in [0.2, 0.25) is 0 Å². The molecule has 17 heavy (non-hydrogen) atoms. The Balaban J connectivity index is 2.43.